The third kappa shape index (κ3) is 1.19. The fraction of sp³-hybridized carbons (Fsp3) is 0.167. The van der Waals surface area contributed by atoms with Gasteiger partial charge in [-0.25, -0.2) is 4.68 Å². The van der Waals surface area contributed by atoms with Gasteiger partial charge in [0.05, 0.1) is 6.20 Å². The Bertz CT molecular complexity index is 333. The Hall–Kier alpha value is -1.83. The molecule has 1 aromatic heterocycles. The number of hydrogen-bond acceptors (Lipinski definition) is 4. The lowest BCUT2D eigenvalue weighted by molar-refractivity contribution is 0.0921. The zero-order valence-corrected chi connectivity index (χ0v) is 5.90. The summed E-state index contributed by atoms with van der Waals surface area (Å²) in [4.78, 5) is 10.7. The quantitative estimate of drug-likeness (QED) is 0.564. The van der Waals surface area contributed by atoms with Gasteiger partial charge in [0.25, 0.3) is 0 Å². The van der Waals surface area contributed by atoms with E-state index in [2.05, 4.69) is 5.10 Å². The number of rotatable bonds is 0. The molecule has 1 heterocycles. The van der Waals surface area contributed by atoms with Gasteiger partial charge < -0.3 is 5.73 Å². The number of anilines is 1. The van der Waals surface area contributed by atoms with Gasteiger partial charge in [-0.05, 0) is 0 Å². The topological polar surface area (TPSA) is 84.7 Å². The lowest BCUT2D eigenvalue weighted by Gasteiger charge is -1.87. The van der Waals surface area contributed by atoms with E-state index in [0.717, 1.165) is 4.68 Å². The fourth-order valence-corrected chi connectivity index (χ4v) is 0.635. The first-order chi connectivity index (χ1) is 5.15. The first-order valence-corrected chi connectivity index (χ1v) is 2.91. The molecule has 56 valence electrons. The molecule has 1 aromatic rings. The Morgan fingerprint density at radius 3 is 2.82 bits per heavy atom. The Labute approximate surface area is 63.0 Å². The number of carbonyl (C=O) groups is 1. The highest BCUT2D eigenvalue weighted by Crippen LogP contribution is 2.05. The average Bonchev–Trinajstić information content (AvgIpc) is 2.31. The van der Waals surface area contributed by atoms with Crippen molar-refractivity contribution in [1.29, 1.82) is 5.26 Å². The minimum absolute atomic E-state index is 0.0858. The first kappa shape index (κ1) is 7.28. The zero-order chi connectivity index (χ0) is 8.43. The Kier molecular flexibility index (Phi) is 1.60. The second-order valence-electron chi connectivity index (χ2n) is 2.00. The summed E-state index contributed by atoms with van der Waals surface area (Å²) in [6.07, 6.45) is 1.30. The van der Waals surface area contributed by atoms with Crippen LogP contribution in [0, 0.1) is 11.3 Å². The number of nitriles is 1. The van der Waals surface area contributed by atoms with Crippen molar-refractivity contribution in [3.63, 3.8) is 0 Å². The molecule has 0 aliphatic heterocycles. The van der Waals surface area contributed by atoms with E-state index in [0.29, 0.717) is 0 Å². The number of nitrogens with zero attached hydrogens (tertiary/aromatic N) is 3. The Balaban J connectivity index is 3.18. The second-order valence-corrected chi connectivity index (χ2v) is 2.00. The van der Waals surface area contributed by atoms with Crippen molar-refractivity contribution in [1.82, 2.24) is 9.78 Å². The minimum Gasteiger partial charge on any atom is -0.381 e. The molecule has 0 aliphatic rings. The maximum atomic E-state index is 10.7. The molecular formula is C6H6N4O. The van der Waals surface area contributed by atoms with Gasteiger partial charge in [-0.2, -0.15) is 5.26 Å². The van der Waals surface area contributed by atoms with Crippen LogP contribution < -0.4 is 5.73 Å². The van der Waals surface area contributed by atoms with Crippen LogP contribution in [-0.4, -0.2) is 15.7 Å². The normalized spacial score (nSPS) is 9.09. The SMILES string of the molecule is CC(=O)n1cc(C#N)c(N)n1. The molecule has 0 radical (unpaired) electrons. The molecule has 0 bridgehead atoms. The molecule has 5 heteroatoms. The van der Waals surface area contributed by atoms with Crippen LogP contribution in [0.4, 0.5) is 5.82 Å². The van der Waals surface area contributed by atoms with Crippen LogP contribution in [0.1, 0.15) is 17.3 Å². The summed E-state index contributed by atoms with van der Waals surface area (Å²) in [6.45, 7) is 1.34. The van der Waals surface area contributed by atoms with Crippen LogP contribution in [0.3, 0.4) is 0 Å². The van der Waals surface area contributed by atoms with Gasteiger partial charge in [0.2, 0.25) is 5.91 Å². The monoisotopic (exact) mass is 150 g/mol. The molecule has 0 saturated heterocycles. The van der Waals surface area contributed by atoms with Gasteiger partial charge in [-0.3, -0.25) is 4.79 Å². The summed E-state index contributed by atoms with van der Waals surface area (Å²) in [5, 5.41) is 12.0. The van der Waals surface area contributed by atoms with E-state index in [1.54, 1.807) is 0 Å². The molecular weight excluding hydrogens is 144 g/mol. The molecule has 0 saturated carbocycles. The summed E-state index contributed by atoms with van der Waals surface area (Å²) in [6, 6.07) is 1.81. The van der Waals surface area contributed by atoms with Crippen LogP contribution in [0.2, 0.25) is 0 Å². The van der Waals surface area contributed by atoms with Gasteiger partial charge in [-0.15, -0.1) is 5.10 Å². The molecule has 0 amide bonds. The van der Waals surface area contributed by atoms with E-state index in [1.165, 1.54) is 13.1 Å². The Morgan fingerprint density at radius 1 is 1.91 bits per heavy atom. The molecule has 0 unspecified atom stereocenters. The predicted molar refractivity (Wildman–Crippen MR) is 37.7 cm³/mol. The van der Waals surface area contributed by atoms with E-state index in [1.807, 2.05) is 6.07 Å². The average molecular weight is 150 g/mol. The number of carbonyl (C=O) groups excluding carboxylic acids is 1. The summed E-state index contributed by atoms with van der Waals surface area (Å²) in [7, 11) is 0. The molecule has 0 aliphatic carbocycles. The maximum absolute atomic E-state index is 10.7. The third-order valence-electron chi connectivity index (χ3n) is 1.19. The second kappa shape index (κ2) is 2.42. The highest BCUT2D eigenvalue weighted by molar-refractivity contribution is 5.76. The van der Waals surface area contributed by atoms with Gasteiger partial charge in [0, 0.05) is 6.92 Å². The smallest absolute Gasteiger partial charge is 0.243 e. The summed E-state index contributed by atoms with van der Waals surface area (Å²) < 4.78 is 1.04. The molecule has 0 aromatic carbocycles. The van der Waals surface area contributed by atoms with Crippen LogP contribution in [0.25, 0.3) is 0 Å². The summed E-state index contributed by atoms with van der Waals surface area (Å²) in [5.41, 5.74) is 5.51. The van der Waals surface area contributed by atoms with Crippen molar-refractivity contribution in [3.05, 3.63) is 11.8 Å². The zero-order valence-electron chi connectivity index (χ0n) is 5.90. The first-order valence-electron chi connectivity index (χ1n) is 2.91. The fourth-order valence-electron chi connectivity index (χ4n) is 0.635. The largest absolute Gasteiger partial charge is 0.381 e. The lowest BCUT2D eigenvalue weighted by atomic mass is 10.4. The van der Waals surface area contributed by atoms with E-state index >= 15 is 0 Å². The molecule has 0 atom stereocenters. The summed E-state index contributed by atoms with van der Waals surface area (Å²) >= 11 is 0. The molecule has 1 rings (SSSR count). The van der Waals surface area contributed by atoms with Gasteiger partial charge in [0.1, 0.15) is 11.6 Å². The Morgan fingerprint density at radius 2 is 2.55 bits per heavy atom. The van der Waals surface area contributed by atoms with E-state index in [-0.39, 0.29) is 17.3 Å². The van der Waals surface area contributed by atoms with Crippen molar-refractivity contribution < 1.29 is 4.79 Å². The minimum atomic E-state index is -0.266. The lowest BCUT2D eigenvalue weighted by Crippen LogP contribution is -2.05. The van der Waals surface area contributed by atoms with Crippen molar-refractivity contribution in [2.75, 3.05) is 5.73 Å². The van der Waals surface area contributed by atoms with Crippen LogP contribution in [0.15, 0.2) is 6.20 Å². The highest BCUT2D eigenvalue weighted by atomic mass is 16.2. The van der Waals surface area contributed by atoms with Crippen LogP contribution in [0.5, 0.6) is 0 Å². The summed E-state index contributed by atoms with van der Waals surface area (Å²) in [5.74, 6) is -0.180. The van der Waals surface area contributed by atoms with E-state index in [4.69, 9.17) is 11.0 Å². The van der Waals surface area contributed by atoms with Gasteiger partial charge in [-0.1, -0.05) is 0 Å². The van der Waals surface area contributed by atoms with Crippen molar-refractivity contribution in [3.8, 4) is 6.07 Å². The molecule has 0 spiro atoms. The number of nitrogen functional groups attached to an aromatic ring is 1. The molecule has 0 fully saturated rings. The number of hydrogen-bond donors (Lipinski definition) is 1. The number of nitrogens with two attached hydrogens (primary N) is 1. The van der Waals surface area contributed by atoms with Crippen molar-refractivity contribution >= 4 is 11.7 Å². The standard InChI is InChI=1S/C6H6N4O/c1-4(11)10-3-5(2-7)6(8)9-10/h3H,1H3,(H2,8,9). The van der Waals surface area contributed by atoms with Gasteiger partial charge in [0.15, 0.2) is 5.82 Å². The number of aromatic nitrogens is 2. The predicted octanol–water partition coefficient (Wildman–Crippen LogP) is -0.00292. The van der Waals surface area contributed by atoms with E-state index < -0.39 is 0 Å². The van der Waals surface area contributed by atoms with Crippen molar-refractivity contribution in [2.45, 2.75) is 6.92 Å². The molecule has 5 nitrogen and oxygen atoms in total. The molecule has 11 heavy (non-hydrogen) atoms. The highest BCUT2D eigenvalue weighted by Gasteiger charge is 2.06. The van der Waals surface area contributed by atoms with Crippen LogP contribution in [-0.2, 0) is 0 Å². The van der Waals surface area contributed by atoms with Crippen LogP contribution >= 0.6 is 0 Å². The van der Waals surface area contributed by atoms with Gasteiger partial charge >= 0.3 is 0 Å². The van der Waals surface area contributed by atoms with E-state index in [9.17, 15) is 4.79 Å². The molecule has 2 N–H and O–H groups in total. The third-order valence-corrected chi connectivity index (χ3v) is 1.19. The maximum Gasteiger partial charge on any atom is 0.243 e. The van der Waals surface area contributed by atoms with Crippen molar-refractivity contribution in [2.24, 2.45) is 0 Å².